The minimum absolute atomic E-state index is 0.00963. The highest BCUT2D eigenvalue weighted by molar-refractivity contribution is 7.80. The largest absolute Gasteiger partial charge is 0.508 e. The zero-order valence-corrected chi connectivity index (χ0v) is 23.9. The molecule has 0 heterocycles. The van der Waals surface area contributed by atoms with Crippen LogP contribution in [0.5, 0.6) is 5.75 Å². The lowest BCUT2D eigenvalue weighted by molar-refractivity contribution is -0.140. The number of aryl methyl sites for hydroxylation is 1. The van der Waals surface area contributed by atoms with Crippen molar-refractivity contribution in [1.82, 2.24) is 10.2 Å². The van der Waals surface area contributed by atoms with Crippen LogP contribution in [0.4, 0.5) is 10.5 Å². The molecule has 0 spiro atoms. The number of alkyl carbamates (subject to hydrolysis) is 1. The van der Waals surface area contributed by atoms with E-state index in [1.54, 1.807) is 39.0 Å². The van der Waals surface area contributed by atoms with E-state index in [0.717, 1.165) is 24.8 Å². The summed E-state index contributed by atoms with van der Waals surface area (Å²) in [5.41, 5.74) is 1.20. The second-order valence-electron chi connectivity index (χ2n) is 10.3. The van der Waals surface area contributed by atoms with Crippen LogP contribution in [0.25, 0.3) is 0 Å². The van der Waals surface area contributed by atoms with Gasteiger partial charge in [-0.05, 0) is 63.4 Å². The fraction of sp³-hybridized carbons (Fsp3) is 0.483. The van der Waals surface area contributed by atoms with E-state index in [9.17, 15) is 19.5 Å². The zero-order valence-electron chi connectivity index (χ0n) is 23.0. The number of thiol groups is 1. The van der Waals surface area contributed by atoms with Crippen LogP contribution in [0.2, 0.25) is 0 Å². The SMILES string of the molecule is CCCCCCN(C(=O)C(CS)NC(=O)OC(C)(C)C)C(C(=O)Nc1ccccc1C)c1cccc(O)c1. The first kappa shape index (κ1) is 31.0. The molecule has 9 heteroatoms. The van der Waals surface area contributed by atoms with E-state index < -0.39 is 35.6 Å². The van der Waals surface area contributed by atoms with Crippen LogP contribution in [-0.2, 0) is 14.3 Å². The fourth-order valence-corrected chi connectivity index (χ4v) is 4.24. The van der Waals surface area contributed by atoms with Gasteiger partial charge in [-0.15, -0.1) is 0 Å². The molecule has 0 saturated carbocycles. The number of benzene rings is 2. The van der Waals surface area contributed by atoms with E-state index in [0.29, 0.717) is 17.7 Å². The number of para-hydroxylation sites is 1. The van der Waals surface area contributed by atoms with Gasteiger partial charge in [-0.3, -0.25) is 9.59 Å². The molecule has 0 aromatic heterocycles. The first-order valence-electron chi connectivity index (χ1n) is 13.0. The predicted molar refractivity (Wildman–Crippen MR) is 154 cm³/mol. The molecule has 0 aliphatic rings. The number of hydrogen-bond donors (Lipinski definition) is 4. The topological polar surface area (TPSA) is 108 Å². The number of ether oxygens (including phenoxy) is 1. The van der Waals surface area contributed by atoms with Crippen molar-refractivity contribution in [1.29, 1.82) is 0 Å². The van der Waals surface area contributed by atoms with Crippen LogP contribution in [0.15, 0.2) is 48.5 Å². The molecule has 38 heavy (non-hydrogen) atoms. The molecule has 2 aromatic carbocycles. The van der Waals surface area contributed by atoms with E-state index >= 15 is 0 Å². The third-order valence-corrected chi connectivity index (χ3v) is 6.22. The van der Waals surface area contributed by atoms with E-state index in [2.05, 4.69) is 30.2 Å². The van der Waals surface area contributed by atoms with Crippen LogP contribution >= 0.6 is 12.6 Å². The van der Waals surface area contributed by atoms with Crippen molar-refractivity contribution in [3.63, 3.8) is 0 Å². The number of aromatic hydroxyl groups is 1. The van der Waals surface area contributed by atoms with Gasteiger partial charge in [-0.2, -0.15) is 12.6 Å². The summed E-state index contributed by atoms with van der Waals surface area (Å²) in [5.74, 6) is -0.901. The van der Waals surface area contributed by atoms with E-state index in [4.69, 9.17) is 4.74 Å². The molecule has 2 rings (SSSR count). The molecule has 3 amide bonds. The number of hydrogen-bond acceptors (Lipinski definition) is 6. The van der Waals surface area contributed by atoms with Gasteiger partial charge >= 0.3 is 6.09 Å². The summed E-state index contributed by atoms with van der Waals surface area (Å²) >= 11 is 4.32. The summed E-state index contributed by atoms with van der Waals surface area (Å²) in [4.78, 5) is 41.7. The number of anilines is 1. The normalized spacial score (nSPS) is 12.8. The van der Waals surface area contributed by atoms with Crippen molar-refractivity contribution in [2.24, 2.45) is 0 Å². The third kappa shape index (κ3) is 9.59. The monoisotopic (exact) mass is 543 g/mol. The smallest absolute Gasteiger partial charge is 0.408 e. The summed E-state index contributed by atoms with van der Waals surface area (Å²) in [6, 6.07) is 11.6. The molecular weight excluding hydrogens is 502 g/mol. The van der Waals surface area contributed by atoms with Gasteiger partial charge in [0.2, 0.25) is 5.91 Å². The Morgan fingerprint density at radius 2 is 1.76 bits per heavy atom. The van der Waals surface area contributed by atoms with Crippen molar-refractivity contribution >= 4 is 36.2 Å². The second kappa shape index (κ2) is 14.7. The zero-order chi connectivity index (χ0) is 28.3. The summed E-state index contributed by atoms with van der Waals surface area (Å²) in [6.45, 7) is 9.46. The Kier molecular flexibility index (Phi) is 12.0. The molecule has 2 unspecified atom stereocenters. The van der Waals surface area contributed by atoms with E-state index in [1.165, 1.54) is 17.0 Å². The van der Waals surface area contributed by atoms with Crippen molar-refractivity contribution in [2.45, 2.75) is 78.0 Å². The summed E-state index contributed by atoms with van der Waals surface area (Å²) < 4.78 is 5.35. The van der Waals surface area contributed by atoms with Gasteiger partial charge in [0.1, 0.15) is 23.4 Å². The molecule has 2 atom stereocenters. The average molecular weight is 544 g/mol. The molecule has 0 aliphatic heterocycles. The lowest BCUT2D eigenvalue weighted by Gasteiger charge is -2.34. The van der Waals surface area contributed by atoms with Crippen LogP contribution < -0.4 is 10.6 Å². The number of carbonyl (C=O) groups is 3. The highest BCUT2D eigenvalue weighted by Gasteiger charge is 2.36. The number of carbonyl (C=O) groups excluding carboxylic acids is 3. The fourth-order valence-electron chi connectivity index (χ4n) is 3.99. The minimum atomic E-state index is -1.06. The maximum atomic E-state index is 13.9. The van der Waals surface area contributed by atoms with Crippen molar-refractivity contribution in [3.8, 4) is 5.75 Å². The Bertz CT molecular complexity index is 1090. The molecule has 0 radical (unpaired) electrons. The van der Waals surface area contributed by atoms with Crippen LogP contribution in [0.1, 0.15) is 70.5 Å². The Balaban J connectivity index is 2.48. The van der Waals surface area contributed by atoms with Crippen LogP contribution in [-0.4, -0.2) is 51.9 Å². The molecule has 0 aliphatic carbocycles. The lowest BCUT2D eigenvalue weighted by Crippen LogP contribution is -2.53. The molecule has 2 aromatic rings. The van der Waals surface area contributed by atoms with E-state index in [-0.39, 0.29) is 18.0 Å². The van der Waals surface area contributed by atoms with Crippen LogP contribution in [0, 0.1) is 6.92 Å². The molecule has 0 saturated heterocycles. The predicted octanol–water partition coefficient (Wildman–Crippen LogP) is 5.61. The number of phenolic OH excluding ortho intramolecular Hbond substituents is 1. The van der Waals surface area contributed by atoms with Gasteiger partial charge in [0.25, 0.3) is 5.91 Å². The van der Waals surface area contributed by atoms with Gasteiger partial charge in [0, 0.05) is 18.0 Å². The van der Waals surface area contributed by atoms with Crippen molar-refractivity contribution in [3.05, 3.63) is 59.7 Å². The molecule has 8 nitrogen and oxygen atoms in total. The Morgan fingerprint density at radius 3 is 2.37 bits per heavy atom. The molecule has 0 fully saturated rings. The first-order chi connectivity index (χ1) is 18.0. The lowest BCUT2D eigenvalue weighted by atomic mass is 10.0. The minimum Gasteiger partial charge on any atom is -0.508 e. The van der Waals surface area contributed by atoms with E-state index in [1.807, 2.05) is 25.1 Å². The van der Waals surface area contributed by atoms with Gasteiger partial charge in [0.15, 0.2) is 0 Å². The number of nitrogens with zero attached hydrogens (tertiary/aromatic N) is 1. The Hall–Kier alpha value is -3.20. The van der Waals surface area contributed by atoms with Gasteiger partial charge in [0.05, 0.1) is 0 Å². The highest BCUT2D eigenvalue weighted by atomic mass is 32.1. The molecule has 0 bridgehead atoms. The maximum Gasteiger partial charge on any atom is 0.408 e. The summed E-state index contributed by atoms with van der Waals surface area (Å²) in [6.07, 6.45) is 2.79. The summed E-state index contributed by atoms with van der Waals surface area (Å²) in [7, 11) is 0. The molecule has 3 N–H and O–H groups in total. The number of phenols is 1. The van der Waals surface area contributed by atoms with Gasteiger partial charge < -0.3 is 25.4 Å². The Labute approximate surface area is 231 Å². The van der Waals surface area contributed by atoms with Crippen molar-refractivity contribution in [2.75, 3.05) is 17.6 Å². The van der Waals surface area contributed by atoms with Gasteiger partial charge in [-0.25, -0.2) is 4.79 Å². The number of amides is 3. The quantitative estimate of drug-likeness (QED) is 0.206. The Morgan fingerprint density at radius 1 is 1.05 bits per heavy atom. The molecule has 208 valence electrons. The number of unbranched alkanes of at least 4 members (excludes halogenated alkanes) is 3. The van der Waals surface area contributed by atoms with Crippen molar-refractivity contribution < 1.29 is 24.2 Å². The van der Waals surface area contributed by atoms with Gasteiger partial charge in [-0.1, -0.05) is 56.5 Å². The molecular formula is C29H41N3O5S. The average Bonchev–Trinajstić information content (AvgIpc) is 2.84. The maximum absolute atomic E-state index is 13.9. The number of nitrogens with one attached hydrogen (secondary N) is 2. The highest BCUT2D eigenvalue weighted by Crippen LogP contribution is 2.28. The third-order valence-electron chi connectivity index (χ3n) is 5.86. The second-order valence-corrected chi connectivity index (χ2v) is 10.6. The standard InChI is InChI=1S/C29H41N3O5S/c1-6-7-8-11-17-32(27(35)24(19-38)31-28(36)37-29(3,4)5)25(21-14-12-15-22(33)18-21)26(34)30-23-16-10-9-13-20(23)2/h9-10,12-16,18,24-25,33,38H,6-8,11,17,19H2,1-5H3,(H,30,34)(H,31,36). The number of rotatable bonds is 12. The van der Waals surface area contributed by atoms with Crippen LogP contribution in [0.3, 0.4) is 0 Å². The first-order valence-corrected chi connectivity index (χ1v) is 13.7. The summed E-state index contributed by atoms with van der Waals surface area (Å²) in [5, 5.41) is 15.8.